The maximum absolute atomic E-state index is 5.49. The monoisotopic (exact) mass is 115 g/mol. The van der Waals surface area contributed by atoms with Crippen LogP contribution in [0, 0.1) is 12.5 Å². The molecule has 2 atom stereocenters. The molecule has 0 spiro atoms. The van der Waals surface area contributed by atoms with Crippen LogP contribution in [0.25, 0.3) is 0 Å². The van der Waals surface area contributed by atoms with Gasteiger partial charge >= 0.3 is 0 Å². The lowest BCUT2D eigenvalue weighted by molar-refractivity contribution is 0.531. The van der Waals surface area contributed by atoms with Gasteiger partial charge in [0.25, 0.3) is 0 Å². The summed E-state index contributed by atoms with van der Waals surface area (Å²) in [6.45, 7) is 5.73. The van der Waals surface area contributed by atoms with Crippen LogP contribution in [0.2, 0.25) is 0 Å². The van der Waals surface area contributed by atoms with Gasteiger partial charge in [0.2, 0.25) is 0 Å². The first-order valence-corrected chi connectivity index (χ1v) is 2.97. The van der Waals surface area contributed by atoms with Crippen LogP contribution in [-0.2, 0) is 0 Å². The molecule has 0 amide bonds. The van der Waals surface area contributed by atoms with E-state index in [0.29, 0.717) is 5.92 Å². The molecular formula is C6H15N2. The predicted octanol–water partition coefficient (Wildman–Crippen LogP) is 0.480. The van der Waals surface area contributed by atoms with Crippen molar-refractivity contribution in [2.24, 2.45) is 17.4 Å². The van der Waals surface area contributed by atoms with Crippen molar-refractivity contribution in [3.63, 3.8) is 0 Å². The molecule has 0 aliphatic carbocycles. The third-order valence-corrected chi connectivity index (χ3v) is 1.07. The fraction of sp³-hybridized carbons (Fsp3) is 0.833. The zero-order valence-corrected chi connectivity index (χ0v) is 5.59. The first kappa shape index (κ1) is 7.92. The van der Waals surface area contributed by atoms with Gasteiger partial charge in [-0.1, -0.05) is 6.92 Å². The Morgan fingerprint density at radius 2 is 2.00 bits per heavy atom. The minimum absolute atomic E-state index is 0.268. The summed E-state index contributed by atoms with van der Waals surface area (Å²) in [5.74, 6) is 0.454. The average molecular weight is 115 g/mol. The molecule has 0 aromatic heterocycles. The fourth-order valence-corrected chi connectivity index (χ4v) is 0.665. The molecular weight excluding hydrogens is 100 g/mol. The van der Waals surface area contributed by atoms with E-state index >= 15 is 0 Å². The highest BCUT2D eigenvalue weighted by atomic mass is 14.6. The molecule has 2 heteroatoms. The Bertz CT molecular complexity index is 52.5. The quantitative estimate of drug-likeness (QED) is 0.562. The molecule has 1 radical (unpaired) electrons. The summed E-state index contributed by atoms with van der Waals surface area (Å²) in [6, 6.07) is 0.268. The molecule has 0 heterocycles. The lowest BCUT2D eigenvalue weighted by atomic mass is 10.0. The number of hydrogen-bond acceptors (Lipinski definition) is 2. The molecule has 0 saturated carbocycles. The predicted molar refractivity (Wildman–Crippen MR) is 35.9 cm³/mol. The van der Waals surface area contributed by atoms with Gasteiger partial charge in [-0.3, -0.25) is 0 Å². The highest BCUT2D eigenvalue weighted by Gasteiger charge is 2.01. The number of hydrogen-bond donors (Lipinski definition) is 2. The Hall–Kier alpha value is -0.0800. The maximum atomic E-state index is 5.49. The highest BCUT2D eigenvalue weighted by molar-refractivity contribution is 4.68. The van der Waals surface area contributed by atoms with E-state index in [1.807, 2.05) is 6.92 Å². The summed E-state index contributed by atoms with van der Waals surface area (Å²) in [4.78, 5) is 0. The minimum Gasteiger partial charge on any atom is -0.328 e. The summed E-state index contributed by atoms with van der Waals surface area (Å²) < 4.78 is 0. The highest BCUT2D eigenvalue weighted by Crippen LogP contribution is 2.03. The molecule has 0 aromatic carbocycles. The van der Waals surface area contributed by atoms with Crippen molar-refractivity contribution < 1.29 is 0 Å². The van der Waals surface area contributed by atoms with Crippen LogP contribution < -0.4 is 11.5 Å². The Labute approximate surface area is 51.2 Å². The molecule has 49 valence electrons. The number of rotatable bonds is 3. The normalized spacial score (nSPS) is 18.0. The fourth-order valence-electron chi connectivity index (χ4n) is 0.665. The van der Waals surface area contributed by atoms with Gasteiger partial charge in [-0.2, -0.15) is 0 Å². The molecule has 0 aliphatic rings. The topological polar surface area (TPSA) is 52.0 Å². The molecule has 2 nitrogen and oxygen atoms in total. The summed E-state index contributed by atoms with van der Waals surface area (Å²) in [5.41, 5.74) is 10.7. The van der Waals surface area contributed by atoms with Crippen molar-refractivity contribution in [2.75, 3.05) is 0 Å². The Kier molecular flexibility index (Phi) is 3.83. The van der Waals surface area contributed by atoms with Crippen molar-refractivity contribution in [1.82, 2.24) is 0 Å². The van der Waals surface area contributed by atoms with Crippen LogP contribution in [0.15, 0.2) is 0 Å². The third kappa shape index (κ3) is 4.09. The summed E-state index contributed by atoms with van der Waals surface area (Å²) in [6.07, 6.45) is 0.983. The molecule has 0 bridgehead atoms. The van der Waals surface area contributed by atoms with E-state index in [9.17, 15) is 0 Å². The van der Waals surface area contributed by atoms with Crippen molar-refractivity contribution in [3.8, 4) is 0 Å². The Balaban J connectivity index is 3.10. The van der Waals surface area contributed by atoms with Crippen molar-refractivity contribution in [3.05, 3.63) is 6.54 Å². The molecule has 4 N–H and O–H groups in total. The largest absolute Gasteiger partial charge is 0.328 e. The zero-order valence-electron chi connectivity index (χ0n) is 5.59. The van der Waals surface area contributed by atoms with Crippen LogP contribution in [0.1, 0.15) is 20.3 Å². The van der Waals surface area contributed by atoms with E-state index in [1.165, 1.54) is 0 Å². The van der Waals surface area contributed by atoms with E-state index in [4.69, 9.17) is 11.5 Å². The average Bonchev–Trinajstić information content (AvgIpc) is 1.65. The first-order chi connectivity index (χ1) is 3.66. The summed E-state index contributed by atoms with van der Waals surface area (Å²) in [7, 11) is 0. The lowest BCUT2D eigenvalue weighted by Gasteiger charge is -2.09. The van der Waals surface area contributed by atoms with Gasteiger partial charge in [0.15, 0.2) is 0 Å². The van der Waals surface area contributed by atoms with E-state index in [-0.39, 0.29) is 6.04 Å². The number of nitrogens with two attached hydrogens (primary N) is 2. The van der Waals surface area contributed by atoms with Crippen LogP contribution in [0.4, 0.5) is 0 Å². The molecule has 0 aromatic rings. The molecule has 0 aliphatic heterocycles. The van der Waals surface area contributed by atoms with Gasteiger partial charge < -0.3 is 11.5 Å². The van der Waals surface area contributed by atoms with Gasteiger partial charge in [0.05, 0.1) is 0 Å². The van der Waals surface area contributed by atoms with Crippen LogP contribution >= 0.6 is 0 Å². The Morgan fingerprint density at radius 1 is 1.50 bits per heavy atom. The van der Waals surface area contributed by atoms with E-state index in [1.54, 1.807) is 6.54 Å². The molecule has 2 unspecified atom stereocenters. The second kappa shape index (κ2) is 3.87. The second-order valence-electron chi connectivity index (χ2n) is 2.38. The standard InChI is InChI=1S/C6H15N2/c1-5(4-7)3-6(2)8/h4-6H,3,7-8H2,1-2H3. The van der Waals surface area contributed by atoms with E-state index in [0.717, 1.165) is 6.42 Å². The SMILES string of the molecule is CC(N)CC(C)[CH]N. The van der Waals surface area contributed by atoms with Crippen LogP contribution in [-0.4, -0.2) is 6.04 Å². The maximum Gasteiger partial charge on any atom is 0.0221 e. The van der Waals surface area contributed by atoms with Gasteiger partial charge in [0.1, 0.15) is 0 Å². The van der Waals surface area contributed by atoms with Gasteiger partial charge in [-0.15, -0.1) is 0 Å². The zero-order chi connectivity index (χ0) is 6.57. The second-order valence-corrected chi connectivity index (χ2v) is 2.38. The van der Waals surface area contributed by atoms with Crippen LogP contribution in [0.3, 0.4) is 0 Å². The minimum atomic E-state index is 0.268. The first-order valence-electron chi connectivity index (χ1n) is 2.97. The van der Waals surface area contributed by atoms with Crippen LogP contribution in [0.5, 0.6) is 0 Å². The van der Waals surface area contributed by atoms with E-state index < -0.39 is 0 Å². The van der Waals surface area contributed by atoms with Gasteiger partial charge in [0, 0.05) is 12.6 Å². The summed E-state index contributed by atoms with van der Waals surface area (Å²) >= 11 is 0. The molecule has 8 heavy (non-hydrogen) atoms. The molecule has 0 rings (SSSR count). The van der Waals surface area contributed by atoms with Crippen molar-refractivity contribution in [1.29, 1.82) is 0 Å². The van der Waals surface area contributed by atoms with Crippen molar-refractivity contribution >= 4 is 0 Å². The Morgan fingerprint density at radius 3 is 2.12 bits per heavy atom. The van der Waals surface area contributed by atoms with E-state index in [2.05, 4.69) is 6.92 Å². The molecule has 0 saturated heterocycles. The van der Waals surface area contributed by atoms with Gasteiger partial charge in [-0.05, 0) is 19.3 Å². The lowest BCUT2D eigenvalue weighted by Crippen LogP contribution is -2.19. The van der Waals surface area contributed by atoms with Gasteiger partial charge in [-0.25, -0.2) is 0 Å². The third-order valence-electron chi connectivity index (χ3n) is 1.07. The summed E-state index contributed by atoms with van der Waals surface area (Å²) in [5, 5.41) is 0. The molecule has 0 fully saturated rings. The smallest absolute Gasteiger partial charge is 0.0221 e. The van der Waals surface area contributed by atoms with Crippen molar-refractivity contribution in [2.45, 2.75) is 26.3 Å².